The molecule has 5 heteroatoms. The van der Waals surface area contributed by atoms with Gasteiger partial charge in [0.15, 0.2) is 0 Å². The van der Waals surface area contributed by atoms with Gasteiger partial charge in [-0.15, -0.1) is 6.58 Å². The predicted octanol–water partition coefficient (Wildman–Crippen LogP) is 3.51. The molecule has 0 saturated heterocycles. The Hall–Kier alpha value is -1.72. The van der Waals surface area contributed by atoms with Crippen LogP contribution in [0.4, 0.5) is 0 Å². The van der Waals surface area contributed by atoms with Crippen LogP contribution in [0, 0.1) is 11.8 Å². The van der Waals surface area contributed by atoms with Crippen molar-refractivity contribution in [3.05, 3.63) is 37.0 Å². The van der Waals surface area contributed by atoms with E-state index in [-0.39, 0.29) is 30.0 Å². The lowest BCUT2D eigenvalue weighted by atomic mass is 9.88. The van der Waals surface area contributed by atoms with Gasteiger partial charge in [-0.25, -0.2) is 0 Å². The summed E-state index contributed by atoms with van der Waals surface area (Å²) in [6, 6.07) is 0. The third kappa shape index (κ3) is 7.81. The van der Waals surface area contributed by atoms with Gasteiger partial charge in [-0.2, -0.15) is 0 Å². The van der Waals surface area contributed by atoms with E-state index >= 15 is 0 Å². The van der Waals surface area contributed by atoms with Crippen molar-refractivity contribution >= 4 is 11.8 Å². The molecule has 0 aromatic carbocycles. The van der Waals surface area contributed by atoms with Crippen LogP contribution >= 0.6 is 0 Å². The number of Topliss-reactive ketones (excluding diaryl/α,β-unsaturated/α-hetero) is 1. The van der Waals surface area contributed by atoms with Gasteiger partial charge in [0.05, 0.1) is 18.8 Å². The molecule has 0 heterocycles. The van der Waals surface area contributed by atoms with Crippen molar-refractivity contribution in [2.24, 2.45) is 11.8 Å². The highest BCUT2D eigenvalue weighted by atomic mass is 16.5. The van der Waals surface area contributed by atoms with Crippen LogP contribution in [0.25, 0.3) is 0 Å². The number of allylic oxidation sites excluding steroid dienone is 2. The fraction of sp³-hybridized carbons (Fsp3) is 0.636. The standard InChI is InChI=1S/C22H34O5/c1-4-14-22(26,5-2)15-10-12-18-17(19(23)16-20(18)24)11-8-6-7-9-13-21(25)27-3/h5-6,8,10,12,17-18,20,24,26H,2,4,7,9,11,13-16H2,1,3H3/b8-6-,12-10+/t17-,18-,20-,22?/m1/s1. The SMILES string of the molecule is C=CC(O)(C/C=C/[C@H]1[C@H](O)CC(=O)[C@@H]1C/C=C\CCCC(=O)OC)CCC. The van der Waals surface area contributed by atoms with Gasteiger partial charge in [-0.1, -0.05) is 43.7 Å². The lowest BCUT2D eigenvalue weighted by Gasteiger charge is -2.22. The third-order valence-electron chi connectivity index (χ3n) is 5.16. The average Bonchev–Trinajstić information content (AvgIpc) is 2.91. The lowest BCUT2D eigenvalue weighted by molar-refractivity contribution is -0.140. The largest absolute Gasteiger partial charge is 0.469 e. The maximum absolute atomic E-state index is 12.2. The number of methoxy groups -OCH3 is 1. The number of rotatable bonds is 12. The summed E-state index contributed by atoms with van der Waals surface area (Å²) in [4.78, 5) is 23.3. The number of unbranched alkanes of at least 4 members (excludes halogenated alkanes) is 1. The van der Waals surface area contributed by atoms with Crippen LogP contribution in [0.15, 0.2) is 37.0 Å². The number of hydrogen-bond donors (Lipinski definition) is 2. The predicted molar refractivity (Wildman–Crippen MR) is 106 cm³/mol. The van der Waals surface area contributed by atoms with Gasteiger partial charge in [-0.3, -0.25) is 9.59 Å². The zero-order valence-electron chi connectivity index (χ0n) is 16.6. The Morgan fingerprint density at radius 3 is 2.74 bits per heavy atom. The number of carbonyl (C=O) groups excluding carboxylic acids is 2. The van der Waals surface area contributed by atoms with E-state index in [9.17, 15) is 19.8 Å². The first-order valence-corrected chi connectivity index (χ1v) is 9.82. The molecule has 0 amide bonds. The van der Waals surface area contributed by atoms with E-state index in [4.69, 9.17) is 0 Å². The molecule has 5 nitrogen and oxygen atoms in total. The molecule has 2 N–H and O–H groups in total. The summed E-state index contributed by atoms with van der Waals surface area (Å²) in [5.74, 6) is -0.613. The third-order valence-corrected chi connectivity index (χ3v) is 5.16. The fourth-order valence-electron chi connectivity index (χ4n) is 3.50. The van der Waals surface area contributed by atoms with Crippen molar-refractivity contribution in [1.82, 2.24) is 0 Å². The van der Waals surface area contributed by atoms with Crippen molar-refractivity contribution in [2.75, 3.05) is 7.11 Å². The van der Waals surface area contributed by atoms with Crippen molar-refractivity contribution in [3.63, 3.8) is 0 Å². The molecule has 0 bridgehead atoms. The normalized spacial score (nSPS) is 25.2. The topological polar surface area (TPSA) is 83.8 Å². The first kappa shape index (κ1) is 23.3. The van der Waals surface area contributed by atoms with E-state index < -0.39 is 11.7 Å². The number of esters is 1. The minimum absolute atomic E-state index is 0.0731. The van der Waals surface area contributed by atoms with Crippen LogP contribution in [0.1, 0.15) is 58.3 Å². The number of aliphatic hydroxyl groups excluding tert-OH is 1. The molecule has 27 heavy (non-hydrogen) atoms. The molecule has 1 aliphatic rings. The molecular weight excluding hydrogens is 344 g/mol. The molecule has 1 saturated carbocycles. The van der Waals surface area contributed by atoms with Gasteiger partial charge >= 0.3 is 5.97 Å². The minimum Gasteiger partial charge on any atom is -0.469 e. The Bertz CT molecular complexity index is 551. The van der Waals surface area contributed by atoms with Gasteiger partial charge in [0.1, 0.15) is 5.78 Å². The van der Waals surface area contributed by atoms with E-state index in [1.54, 1.807) is 6.08 Å². The van der Waals surface area contributed by atoms with E-state index in [1.807, 2.05) is 31.2 Å². The highest BCUT2D eigenvalue weighted by Crippen LogP contribution is 2.34. The van der Waals surface area contributed by atoms with Crippen LogP contribution < -0.4 is 0 Å². The second-order valence-electron chi connectivity index (χ2n) is 7.29. The highest BCUT2D eigenvalue weighted by molar-refractivity contribution is 5.84. The Kier molecular flexibility index (Phi) is 10.3. The minimum atomic E-state index is -0.937. The Balaban J connectivity index is 2.56. The van der Waals surface area contributed by atoms with Gasteiger partial charge in [-0.05, 0) is 32.1 Å². The summed E-state index contributed by atoms with van der Waals surface area (Å²) in [6.45, 7) is 5.70. The number of ether oxygens (including phenoxy) is 1. The molecule has 152 valence electrons. The van der Waals surface area contributed by atoms with Crippen LogP contribution in [-0.2, 0) is 14.3 Å². The molecule has 1 unspecified atom stereocenters. The number of aliphatic hydroxyl groups is 2. The summed E-state index contributed by atoms with van der Waals surface area (Å²) in [5.41, 5.74) is -0.937. The molecular formula is C22H34O5. The molecule has 1 rings (SSSR count). The molecule has 1 fully saturated rings. The molecule has 0 aliphatic heterocycles. The molecule has 0 aromatic heterocycles. The summed E-state index contributed by atoms with van der Waals surface area (Å²) in [7, 11) is 1.38. The highest BCUT2D eigenvalue weighted by Gasteiger charge is 2.39. The van der Waals surface area contributed by atoms with Crippen molar-refractivity contribution in [2.45, 2.75) is 70.0 Å². The number of carbonyl (C=O) groups is 2. The quantitative estimate of drug-likeness (QED) is 0.308. The molecule has 1 aliphatic carbocycles. The van der Waals surface area contributed by atoms with Crippen molar-refractivity contribution in [3.8, 4) is 0 Å². The summed E-state index contributed by atoms with van der Waals surface area (Å²) in [5, 5.41) is 20.6. The lowest BCUT2D eigenvalue weighted by Crippen LogP contribution is -2.24. The maximum atomic E-state index is 12.2. The monoisotopic (exact) mass is 378 g/mol. The fourth-order valence-corrected chi connectivity index (χ4v) is 3.50. The van der Waals surface area contributed by atoms with Crippen LogP contribution in [0.2, 0.25) is 0 Å². The summed E-state index contributed by atoms with van der Waals surface area (Å²) < 4.78 is 4.60. The molecule has 0 radical (unpaired) electrons. The van der Waals surface area contributed by atoms with E-state index in [2.05, 4.69) is 11.3 Å². The maximum Gasteiger partial charge on any atom is 0.305 e. The Morgan fingerprint density at radius 2 is 2.11 bits per heavy atom. The average molecular weight is 379 g/mol. The first-order valence-electron chi connectivity index (χ1n) is 9.82. The van der Waals surface area contributed by atoms with Crippen LogP contribution in [0.5, 0.6) is 0 Å². The van der Waals surface area contributed by atoms with Crippen molar-refractivity contribution < 1.29 is 24.5 Å². The first-order chi connectivity index (χ1) is 12.9. The number of hydrogen-bond acceptors (Lipinski definition) is 5. The van der Waals surface area contributed by atoms with Crippen molar-refractivity contribution in [1.29, 1.82) is 0 Å². The summed E-state index contributed by atoms with van der Waals surface area (Å²) >= 11 is 0. The smallest absolute Gasteiger partial charge is 0.305 e. The van der Waals surface area contributed by atoms with Crippen LogP contribution in [0.3, 0.4) is 0 Å². The molecule has 4 atom stereocenters. The second-order valence-corrected chi connectivity index (χ2v) is 7.29. The molecule has 0 aromatic rings. The van der Waals surface area contributed by atoms with E-state index in [1.165, 1.54) is 7.11 Å². The van der Waals surface area contributed by atoms with Crippen LogP contribution in [-0.4, -0.2) is 40.8 Å². The van der Waals surface area contributed by atoms with E-state index in [0.717, 1.165) is 12.8 Å². The van der Waals surface area contributed by atoms with Gasteiger partial charge in [0.25, 0.3) is 0 Å². The van der Waals surface area contributed by atoms with Gasteiger partial charge in [0, 0.05) is 24.7 Å². The zero-order chi connectivity index (χ0) is 20.3. The summed E-state index contributed by atoms with van der Waals surface area (Å²) in [6.07, 6.45) is 13.1. The zero-order valence-corrected chi connectivity index (χ0v) is 16.6. The molecule has 0 spiro atoms. The van der Waals surface area contributed by atoms with Gasteiger partial charge < -0.3 is 14.9 Å². The second kappa shape index (κ2) is 11.9. The van der Waals surface area contributed by atoms with Gasteiger partial charge in [0.2, 0.25) is 0 Å². The van der Waals surface area contributed by atoms with E-state index in [0.29, 0.717) is 32.1 Å². The Morgan fingerprint density at radius 1 is 1.37 bits per heavy atom. The Labute approximate surface area is 162 Å². The number of ketones is 1.